The highest BCUT2D eigenvalue weighted by atomic mass is 19.3. The summed E-state index contributed by atoms with van der Waals surface area (Å²) in [6, 6.07) is 20.7. The lowest BCUT2D eigenvalue weighted by Crippen LogP contribution is -2.29. The number of hydrogen-bond acceptors (Lipinski definition) is 4. The Kier molecular flexibility index (Phi) is 7.42. The molecule has 5 nitrogen and oxygen atoms in total. The second-order valence-corrected chi connectivity index (χ2v) is 9.61. The molecule has 0 spiro atoms. The molecule has 6 heteroatoms. The molecule has 1 aliphatic heterocycles. The molecule has 1 N–H and O–H groups in total. The van der Waals surface area contributed by atoms with Gasteiger partial charge in [-0.3, -0.25) is 9.84 Å². The van der Waals surface area contributed by atoms with Crippen molar-refractivity contribution in [1.82, 2.24) is 9.47 Å². The first-order chi connectivity index (χ1) is 17.6. The SMILES string of the molecule is Cc1c(-c2ccc(OF)cc2)n(Cc2ccc(OCCN3CCCCCC3)cc2)c2ccc(O)cc12. The lowest BCUT2D eigenvalue weighted by Gasteiger charge is -2.19. The molecule has 2 heterocycles. The molecule has 0 unspecified atom stereocenters. The molecule has 188 valence electrons. The van der Waals surface area contributed by atoms with Crippen LogP contribution in [0.4, 0.5) is 4.53 Å². The molecule has 4 aromatic rings. The first-order valence-electron chi connectivity index (χ1n) is 12.8. The number of nitrogens with zero attached hydrogens (tertiary/aromatic N) is 2. The molecule has 0 aliphatic carbocycles. The van der Waals surface area contributed by atoms with Crippen molar-refractivity contribution in [2.45, 2.75) is 39.2 Å². The molecule has 1 saturated heterocycles. The fraction of sp³-hybridized carbons (Fsp3) is 0.333. The van der Waals surface area contributed by atoms with Gasteiger partial charge < -0.3 is 14.4 Å². The zero-order valence-corrected chi connectivity index (χ0v) is 20.8. The third-order valence-electron chi connectivity index (χ3n) is 7.16. The first-order valence-corrected chi connectivity index (χ1v) is 12.8. The lowest BCUT2D eigenvalue weighted by molar-refractivity contribution is -0.00618. The Bertz CT molecular complexity index is 1290. The fourth-order valence-electron chi connectivity index (χ4n) is 5.24. The topological polar surface area (TPSA) is 46.9 Å². The Morgan fingerprint density at radius 2 is 1.56 bits per heavy atom. The number of hydrogen-bond donors (Lipinski definition) is 1. The molecule has 5 rings (SSSR count). The van der Waals surface area contributed by atoms with Gasteiger partial charge in [0.05, 0.1) is 5.69 Å². The minimum Gasteiger partial charge on any atom is -0.508 e. The van der Waals surface area contributed by atoms with Gasteiger partial charge in [0, 0.05) is 28.5 Å². The summed E-state index contributed by atoms with van der Waals surface area (Å²) in [6.45, 7) is 6.73. The minimum absolute atomic E-state index is 0.170. The van der Waals surface area contributed by atoms with Crippen LogP contribution >= 0.6 is 0 Å². The molecule has 3 aromatic carbocycles. The molecule has 0 amide bonds. The van der Waals surface area contributed by atoms with Crippen LogP contribution in [-0.4, -0.2) is 40.8 Å². The fourth-order valence-corrected chi connectivity index (χ4v) is 5.24. The van der Waals surface area contributed by atoms with Crippen molar-refractivity contribution in [3.05, 3.63) is 77.9 Å². The number of benzene rings is 3. The van der Waals surface area contributed by atoms with E-state index in [1.165, 1.54) is 38.8 Å². The van der Waals surface area contributed by atoms with Crippen molar-refractivity contribution in [2.75, 3.05) is 26.2 Å². The predicted molar refractivity (Wildman–Crippen MR) is 141 cm³/mol. The maximum absolute atomic E-state index is 12.6. The van der Waals surface area contributed by atoms with Gasteiger partial charge in [-0.05, 0) is 104 Å². The van der Waals surface area contributed by atoms with Gasteiger partial charge >= 0.3 is 0 Å². The lowest BCUT2D eigenvalue weighted by atomic mass is 10.1. The van der Waals surface area contributed by atoms with Gasteiger partial charge in [-0.15, -0.1) is 0 Å². The number of fused-ring (bicyclic) bond motifs is 1. The molecule has 0 atom stereocenters. The average Bonchev–Trinajstić information content (AvgIpc) is 3.05. The van der Waals surface area contributed by atoms with E-state index < -0.39 is 0 Å². The smallest absolute Gasteiger partial charge is 0.171 e. The Balaban J connectivity index is 1.35. The summed E-state index contributed by atoms with van der Waals surface area (Å²) >= 11 is 0. The van der Waals surface area contributed by atoms with Crippen molar-refractivity contribution in [1.29, 1.82) is 0 Å². The van der Waals surface area contributed by atoms with Crippen LogP contribution in [0.3, 0.4) is 0 Å². The quantitative estimate of drug-likeness (QED) is 0.293. The van der Waals surface area contributed by atoms with Crippen molar-refractivity contribution in [3.8, 4) is 28.5 Å². The third-order valence-corrected chi connectivity index (χ3v) is 7.16. The van der Waals surface area contributed by atoms with Gasteiger partial charge in [0.2, 0.25) is 0 Å². The van der Waals surface area contributed by atoms with Crippen molar-refractivity contribution in [3.63, 3.8) is 0 Å². The van der Waals surface area contributed by atoms with Crippen LogP contribution in [0.5, 0.6) is 17.2 Å². The van der Waals surface area contributed by atoms with Crippen molar-refractivity contribution < 1.29 is 19.3 Å². The number of rotatable bonds is 8. The molecule has 1 aromatic heterocycles. The first kappa shape index (κ1) is 24.2. The summed E-state index contributed by atoms with van der Waals surface area (Å²) < 4.78 is 20.9. The largest absolute Gasteiger partial charge is 0.508 e. The van der Waals surface area contributed by atoms with E-state index in [0.29, 0.717) is 13.2 Å². The number of aromatic hydroxyl groups is 1. The monoisotopic (exact) mass is 488 g/mol. The summed E-state index contributed by atoms with van der Waals surface area (Å²) in [6.07, 6.45) is 5.26. The van der Waals surface area contributed by atoms with Crippen LogP contribution in [0.2, 0.25) is 0 Å². The molecule has 1 fully saturated rings. The second-order valence-electron chi connectivity index (χ2n) is 9.61. The Morgan fingerprint density at radius 3 is 2.25 bits per heavy atom. The van der Waals surface area contributed by atoms with Crippen LogP contribution in [-0.2, 0) is 6.54 Å². The van der Waals surface area contributed by atoms with Crippen molar-refractivity contribution in [2.24, 2.45) is 0 Å². The number of phenols is 1. The summed E-state index contributed by atoms with van der Waals surface area (Å²) in [4.78, 5) is 6.37. The molecular formula is C30H33FN2O3. The summed E-state index contributed by atoms with van der Waals surface area (Å²) in [5, 5.41) is 11.1. The zero-order chi connectivity index (χ0) is 24.9. The van der Waals surface area contributed by atoms with Crippen LogP contribution in [0, 0.1) is 6.92 Å². The van der Waals surface area contributed by atoms with E-state index in [4.69, 9.17) is 4.74 Å². The number of halogens is 1. The van der Waals surface area contributed by atoms with Gasteiger partial charge in [-0.2, -0.15) is 0 Å². The average molecular weight is 489 g/mol. The maximum atomic E-state index is 12.6. The van der Waals surface area contributed by atoms with Gasteiger partial charge in [0.25, 0.3) is 0 Å². The summed E-state index contributed by atoms with van der Waals surface area (Å²) in [5.41, 5.74) is 5.22. The molecule has 1 aliphatic rings. The van der Waals surface area contributed by atoms with Gasteiger partial charge in [0.15, 0.2) is 5.75 Å². The van der Waals surface area contributed by atoms with Gasteiger partial charge in [-0.25, -0.2) is 0 Å². The Labute approximate surface area is 211 Å². The van der Waals surface area contributed by atoms with Crippen LogP contribution in [0.1, 0.15) is 36.8 Å². The van der Waals surface area contributed by atoms with Crippen LogP contribution in [0.15, 0.2) is 66.7 Å². The third kappa shape index (κ3) is 5.34. The molecule has 36 heavy (non-hydrogen) atoms. The van der Waals surface area contributed by atoms with E-state index in [1.54, 1.807) is 24.3 Å². The second kappa shape index (κ2) is 11.0. The molecule has 0 radical (unpaired) electrons. The standard InChI is InChI=1S/C30H33FN2O3/c1-22-28-20-25(34)10-15-29(28)33(30(22)24-8-13-27(36-31)14-9-24)21-23-6-11-26(12-7-23)35-19-18-32-16-4-2-3-5-17-32/h6-15,20,34H,2-5,16-19,21H2,1H3. The van der Waals surface area contributed by atoms with E-state index in [0.717, 1.165) is 45.6 Å². The van der Waals surface area contributed by atoms with E-state index >= 15 is 0 Å². The van der Waals surface area contributed by atoms with E-state index in [1.807, 2.05) is 30.3 Å². The number of likely N-dealkylation sites (tertiary alicyclic amines) is 1. The van der Waals surface area contributed by atoms with Crippen molar-refractivity contribution >= 4 is 10.9 Å². The van der Waals surface area contributed by atoms with Gasteiger partial charge in [0.1, 0.15) is 18.1 Å². The highest BCUT2D eigenvalue weighted by Crippen LogP contribution is 2.36. The summed E-state index contributed by atoms with van der Waals surface area (Å²) in [7, 11) is 0. The molecule has 0 saturated carbocycles. The van der Waals surface area contributed by atoms with Crippen LogP contribution < -0.4 is 9.68 Å². The molecule has 0 bridgehead atoms. The minimum atomic E-state index is 0.170. The summed E-state index contributed by atoms with van der Waals surface area (Å²) in [5.74, 6) is 1.29. The molecular weight excluding hydrogens is 455 g/mol. The van der Waals surface area contributed by atoms with Gasteiger partial charge in [-0.1, -0.05) is 25.0 Å². The normalized spacial score (nSPS) is 14.6. The number of aryl methyl sites for hydroxylation is 1. The number of aromatic nitrogens is 1. The Hall–Kier alpha value is -3.51. The van der Waals surface area contributed by atoms with Crippen LogP contribution in [0.25, 0.3) is 22.2 Å². The Morgan fingerprint density at radius 1 is 0.861 bits per heavy atom. The predicted octanol–water partition coefficient (Wildman–Crippen LogP) is 6.89. The highest BCUT2D eigenvalue weighted by molar-refractivity contribution is 5.92. The highest BCUT2D eigenvalue weighted by Gasteiger charge is 2.17. The zero-order valence-electron chi connectivity index (χ0n) is 20.8. The van der Waals surface area contributed by atoms with E-state index in [2.05, 4.69) is 33.5 Å². The number of ether oxygens (including phenoxy) is 1. The number of phenolic OH excluding ortho intramolecular Hbond substituents is 1. The van der Waals surface area contributed by atoms with E-state index in [-0.39, 0.29) is 11.5 Å². The maximum Gasteiger partial charge on any atom is 0.171 e. The van der Waals surface area contributed by atoms with E-state index in [9.17, 15) is 9.63 Å².